The van der Waals surface area contributed by atoms with Gasteiger partial charge in [0.2, 0.25) is 0 Å². The van der Waals surface area contributed by atoms with Crippen LogP contribution in [0.1, 0.15) is 24.2 Å². The Morgan fingerprint density at radius 1 is 1.15 bits per heavy atom. The zero-order valence-corrected chi connectivity index (χ0v) is 12.7. The molecule has 0 fully saturated rings. The molecule has 0 aliphatic rings. The van der Waals surface area contributed by atoms with Crippen LogP contribution in [0.2, 0.25) is 0 Å². The van der Waals surface area contributed by atoms with Crippen LogP contribution in [0, 0.1) is 6.92 Å². The number of aliphatic hydroxyl groups excluding tert-OH is 1. The largest absolute Gasteiger partial charge is 0.493 e. The Morgan fingerprint density at radius 3 is 2.70 bits per heavy atom. The first kappa shape index (κ1) is 14.9. The molecule has 1 atom stereocenters. The zero-order valence-electron chi connectivity index (χ0n) is 11.9. The van der Waals surface area contributed by atoms with Crippen molar-refractivity contribution in [2.24, 2.45) is 0 Å². The van der Waals surface area contributed by atoms with Crippen LogP contribution in [0.3, 0.4) is 0 Å². The number of thioether (sulfide) groups is 1. The van der Waals surface area contributed by atoms with E-state index >= 15 is 0 Å². The van der Waals surface area contributed by atoms with Crippen molar-refractivity contribution in [1.82, 2.24) is 0 Å². The molecular weight excluding hydrogens is 268 g/mol. The van der Waals surface area contributed by atoms with Crippen molar-refractivity contribution in [1.29, 1.82) is 0 Å². The molecular formula is C17H20O2S. The van der Waals surface area contributed by atoms with Gasteiger partial charge in [-0.25, -0.2) is 0 Å². The number of benzene rings is 2. The third-order valence-electron chi connectivity index (χ3n) is 2.98. The predicted octanol–water partition coefficient (Wildman–Crippen LogP) is 4.22. The average molecular weight is 288 g/mol. The summed E-state index contributed by atoms with van der Waals surface area (Å²) in [5.74, 6) is 1.39. The van der Waals surface area contributed by atoms with Gasteiger partial charge in [0.05, 0.1) is 12.7 Å². The van der Waals surface area contributed by atoms with Crippen molar-refractivity contribution in [3.63, 3.8) is 0 Å². The molecule has 0 bridgehead atoms. The minimum atomic E-state index is -0.525. The van der Waals surface area contributed by atoms with Gasteiger partial charge in [0.1, 0.15) is 5.75 Å². The summed E-state index contributed by atoms with van der Waals surface area (Å²) < 4.78 is 5.56. The molecule has 106 valence electrons. The number of para-hydroxylation sites is 1. The molecule has 3 heteroatoms. The first-order valence-corrected chi connectivity index (χ1v) is 7.78. The highest BCUT2D eigenvalue weighted by Gasteiger charge is 2.13. The fraction of sp³-hybridized carbons (Fsp3) is 0.294. The van der Waals surface area contributed by atoms with E-state index in [2.05, 4.69) is 25.1 Å². The lowest BCUT2D eigenvalue weighted by Gasteiger charge is -2.15. The summed E-state index contributed by atoms with van der Waals surface area (Å²) in [6.07, 6.45) is -0.525. The molecule has 0 amide bonds. The van der Waals surface area contributed by atoms with E-state index in [1.165, 1.54) is 10.5 Å². The Balaban J connectivity index is 2.03. The minimum absolute atomic E-state index is 0.525. The Labute approximate surface area is 124 Å². The Morgan fingerprint density at radius 2 is 1.95 bits per heavy atom. The number of rotatable bonds is 6. The summed E-state index contributed by atoms with van der Waals surface area (Å²) in [4.78, 5) is 1.18. The number of aryl methyl sites for hydroxylation is 1. The van der Waals surface area contributed by atoms with Crippen molar-refractivity contribution in [3.05, 3.63) is 59.7 Å². The highest BCUT2D eigenvalue weighted by atomic mass is 32.2. The fourth-order valence-electron chi connectivity index (χ4n) is 2.01. The van der Waals surface area contributed by atoms with Gasteiger partial charge in [-0.2, -0.15) is 0 Å². The lowest BCUT2D eigenvalue weighted by Crippen LogP contribution is -2.04. The van der Waals surface area contributed by atoms with Crippen LogP contribution in [-0.4, -0.2) is 17.5 Å². The average Bonchev–Trinajstić information content (AvgIpc) is 2.46. The van der Waals surface area contributed by atoms with Gasteiger partial charge in [-0.15, -0.1) is 11.8 Å². The van der Waals surface area contributed by atoms with Gasteiger partial charge in [-0.3, -0.25) is 0 Å². The van der Waals surface area contributed by atoms with Crippen LogP contribution in [0.15, 0.2) is 53.4 Å². The molecule has 0 spiro atoms. The number of ether oxygens (including phenoxy) is 1. The van der Waals surface area contributed by atoms with Crippen molar-refractivity contribution >= 4 is 11.8 Å². The second-order valence-electron chi connectivity index (χ2n) is 4.61. The molecule has 0 radical (unpaired) electrons. The highest BCUT2D eigenvalue weighted by Crippen LogP contribution is 2.30. The first-order chi connectivity index (χ1) is 9.70. The topological polar surface area (TPSA) is 29.5 Å². The molecule has 2 aromatic rings. The van der Waals surface area contributed by atoms with Crippen molar-refractivity contribution < 1.29 is 9.84 Å². The van der Waals surface area contributed by atoms with Gasteiger partial charge in [-0.05, 0) is 32.0 Å². The van der Waals surface area contributed by atoms with E-state index in [-0.39, 0.29) is 0 Å². The zero-order chi connectivity index (χ0) is 14.4. The number of aliphatic hydroxyl groups is 1. The van der Waals surface area contributed by atoms with E-state index in [9.17, 15) is 5.11 Å². The van der Waals surface area contributed by atoms with Gasteiger partial charge in [0, 0.05) is 16.2 Å². The van der Waals surface area contributed by atoms with E-state index in [1.54, 1.807) is 11.8 Å². The lowest BCUT2D eigenvalue weighted by atomic mass is 10.1. The summed E-state index contributed by atoms with van der Waals surface area (Å²) in [6.45, 7) is 4.63. The van der Waals surface area contributed by atoms with Crippen LogP contribution in [0.4, 0.5) is 0 Å². The van der Waals surface area contributed by atoms with Crippen LogP contribution < -0.4 is 4.74 Å². The molecule has 2 nitrogen and oxygen atoms in total. The maximum Gasteiger partial charge on any atom is 0.125 e. The third-order valence-corrected chi connectivity index (χ3v) is 4.04. The Kier molecular flexibility index (Phi) is 5.50. The molecule has 0 saturated heterocycles. The molecule has 0 saturated carbocycles. The quantitative estimate of drug-likeness (QED) is 0.807. The fourth-order valence-corrected chi connectivity index (χ4v) is 2.99. The van der Waals surface area contributed by atoms with E-state index in [0.717, 1.165) is 11.3 Å². The van der Waals surface area contributed by atoms with E-state index in [4.69, 9.17) is 4.74 Å². The van der Waals surface area contributed by atoms with Crippen LogP contribution in [0.5, 0.6) is 5.75 Å². The summed E-state index contributed by atoms with van der Waals surface area (Å²) >= 11 is 1.66. The molecule has 2 rings (SSSR count). The van der Waals surface area contributed by atoms with Crippen molar-refractivity contribution in [2.45, 2.75) is 24.8 Å². The summed E-state index contributed by atoms with van der Waals surface area (Å²) in [7, 11) is 0. The van der Waals surface area contributed by atoms with E-state index in [0.29, 0.717) is 12.4 Å². The third kappa shape index (κ3) is 4.02. The van der Waals surface area contributed by atoms with Crippen molar-refractivity contribution in [3.8, 4) is 5.75 Å². The molecule has 0 aromatic heterocycles. The number of hydrogen-bond acceptors (Lipinski definition) is 3. The second-order valence-corrected chi connectivity index (χ2v) is 5.71. The van der Waals surface area contributed by atoms with Gasteiger partial charge < -0.3 is 9.84 Å². The second kappa shape index (κ2) is 7.36. The summed E-state index contributed by atoms with van der Waals surface area (Å²) in [5.41, 5.74) is 2.09. The Bertz CT molecular complexity index is 554. The Hall–Kier alpha value is -1.45. The first-order valence-electron chi connectivity index (χ1n) is 6.80. The molecule has 20 heavy (non-hydrogen) atoms. The smallest absolute Gasteiger partial charge is 0.125 e. The maximum absolute atomic E-state index is 10.4. The van der Waals surface area contributed by atoms with Gasteiger partial charge in [-0.1, -0.05) is 35.9 Å². The van der Waals surface area contributed by atoms with Crippen LogP contribution >= 0.6 is 11.8 Å². The SMILES string of the molecule is CCOc1ccccc1C(O)CSc1cccc(C)c1. The summed E-state index contributed by atoms with van der Waals surface area (Å²) in [6, 6.07) is 16.0. The lowest BCUT2D eigenvalue weighted by molar-refractivity contribution is 0.196. The van der Waals surface area contributed by atoms with Crippen LogP contribution in [0.25, 0.3) is 0 Å². The molecule has 0 aliphatic heterocycles. The monoisotopic (exact) mass is 288 g/mol. The molecule has 1 N–H and O–H groups in total. The standard InChI is InChI=1S/C17H20O2S/c1-3-19-17-10-5-4-9-15(17)16(18)12-20-14-8-6-7-13(2)11-14/h4-11,16,18H,3,12H2,1-2H3. The molecule has 2 aromatic carbocycles. The maximum atomic E-state index is 10.4. The van der Waals surface area contributed by atoms with Crippen LogP contribution in [-0.2, 0) is 0 Å². The van der Waals surface area contributed by atoms with E-state index < -0.39 is 6.10 Å². The molecule has 0 heterocycles. The predicted molar refractivity (Wildman–Crippen MR) is 84.5 cm³/mol. The molecule has 0 aliphatic carbocycles. The van der Waals surface area contributed by atoms with Crippen molar-refractivity contribution in [2.75, 3.05) is 12.4 Å². The van der Waals surface area contributed by atoms with E-state index in [1.807, 2.05) is 37.3 Å². The van der Waals surface area contributed by atoms with Gasteiger partial charge in [0.15, 0.2) is 0 Å². The molecule has 1 unspecified atom stereocenters. The minimum Gasteiger partial charge on any atom is -0.493 e. The van der Waals surface area contributed by atoms with Gasteiger partial charge >= 0.3 is 0 Å². The normalized spacial score (nSPS) is 12.2. The summed E-state index contributed by atoms with van der Waals surface area (Å²) in [5, 5.41) is 10.4. The highest BCUT2D eigenvalue weighted by molar-refractivity contribution is 7.99. The van der Waals surface area contributed by atoms with Gasteiger partial charge in [0.25, 0.3) is 0 Å². The number of hydrogen-bond donors (Lipinski definition) is 1.